The summed E-state index contributed by atoms with van der Waals surface area (Å²) in [6, 6.07) is 10.4. The summed E-state index contributed by atoms with van der Waals surface area (Å²) < 4.78 is 10.6. The Labute approximate surface area is 332 Å². The Bertz CT molecular complexity index is 2520. The number of H-pyrrole nitrogens is 2. The van der Waals surface area contributed by atoms with Gasteiger partial charge in [0.05, 0.1) is 63.6 Å². The summed E-state index contributed by atoms with van der Waals surface area (Å²) in [7, 11) is 2.58. The van der Waals surface area contributed by atoms with Gasteiger partial charge in [0.1, 0.15) is 23.7 Å². The van der Waals surface area contributed by atoms with Crippen LogP contribution in [0, 0.1) is 11.8 Å². The van der Waals surface area contributed by atoms with E-state index in [9.17, 15) is 19.2 Å². The van der Waals surface area contributed by atoms with Crippen molar-refractivity contribution in [3.8, 4) is 10.6 Å². The van der Waals surface area contributed by atoms with E-state index in [1.54, 1.807) is 11.3 Å². The summed E-state index contributed by atoms with van der Waals surface area (Å²) in [5, 5.41) is 8.42. The number of aromatic amines is 2. The molecule has 0 unspecified atom stereocenters. The highest BCUT2D eigenvalue weighted by atomic mass is 32.1. The maximum atomic E-state index is 13.7. The van der Waals surface area contributed by atoms with Crippen LogP contribution in [0.15, 0.2) is 42.6 Å². The fourth-order valence-electron chi connectivity index (χ4n) is 8.27. The van der Waals surface area contributed by atoms with Gasteiger partial charge in [0.25, 0.3) is 0 Å². The number of amides is 4. The predicted octanol–water partition coefficient (Wildman–Crippen LogP) is 6.96. The number of thiophene rings is 1. The molecule has 2 saturated heterocycles. The minimum absolute atomic E-state index is 0.119. The first kappa shape index (κ1) is 38.1. The van der Waals surface area contributed by atoms with Crippen LogP contribution in [-0.2, 0) is 19.1 Å². The molecule has 0 spiro atoms. The summed E-state index contributed by atoms with van der Waals surface area (Å²) in [5.41, 5.74) is 4.23. The van der Waals surface area contributed by atoms with Crippen LogP contribution in [0.1, 0.15) is 77.1 Å². The molecule has 4 aromatic heterocycles. The number of pyridine rings is 1. The molecule has 0 aliphatic carbocycles. The van der Waals surface area contributed by atoms with Crippen LogP contribution < -0.4 is 10.6 Å². The number of ether oxygens (including phenoxy) is 2. The van der Waals surface area contributed by atoms with Crippen molar-refractivity contribution in [1.29, 1.82) is 0 Å². The molecule has 2 fully saturated rings. The molecule has 6 aromatic rings. The van der Waals surface area contributed by atoms with Crippen molar-refractivity contribution >= 4 is 78.3 Å². The summed E-state index contributed by atoms with van der Waals surface area (Å²) >= 11 is 1.64. The van der Waals surface area contributed by atoms with E-state index in [-0.39, 0.29) is 35.7 Å². The van der Waals surface area contributed by atoms with E-state index in [1.807, 2.05) is 61.9 Å². The van der Waals surface area contributed by atoms with Gasteiger partial charge in [0.15, 0.2) is 0 Å². The minimum atomic E-state index is -0.708. The third-order valence-corrected chi connectivity index (χ3v) is 12.5. The second kappa shape index (κ2) is 15.3. The first-order valence-electron chi connectivity index (χ1n) is 19.5. The van der Waals surface area contributed by atoms with Crippen LogP contribution >= 0.6 is 11.3 Å². The zero-order valence-electron chi connectivity index (χ0n) is 32.8. The van der Waals surface area contributed by atoms with Gasteiger partial charge in [-0.1, -0.05) is 39.8 Å². The zero-order valence-corrected chi connectivity index (χ0v) is 33.7. The lowest BCUT2D eigenvalue weighted by molar-refractivity contribution is -0.136. The molecular formula is C41H47N9O6S. The van der Waals surface area contributed by atoms with Gasteiger partial charge in [-0.3, -0.25) is 14.6 Å². The maximum Gasteiger partial charge on any atom is 0.407 e. The van der Waals surface area contributed by atoms with Gasteiger partial charge in [-0.25, -0.2) is 19.6 Å². The molecule has 16 heteroatoms. The monoisotopic (exact) mass is 793 g/mol. The number of alkyl carbamates (subject to hydrolysis) is 2. The Morgan fingerprint density at radius 3 is 1.82 bits per heavy atom. The third-order valence-electron chi connectivity index (χ3n) is 11.3. The first-order valence-corrected chi connectivity index (χ1v) is 20.3. The summed E-state index contributed by atoms with van der Waals surface area (Å²) in [6.07, 6.45) is 3.81. The highest BCUT2D eigenvalue weighted by molar-refractivity contribution is 7.23. The molecule has 0 bridgehead atoms. The third kappa shape index (κ3) is 7.00. The molecule has 4 amide bonds. The average Bonchev–Trinajstić information content (AvgIpc) is 4.05. The molecule has 0 saturated carbocycles. The Kier molecular flexibility index (Phi) is 10.2. The smallest absolute Gasteiger partial charge is 0.407 e. The Morgan fingerprint density at radius 2 is 1.28 bits per heavy atom. The van der Waals surface area contributed by atoms with Crippen molar-refractivity contribution in [2.45, 2.75) is 77.5 Å². The lowest BCUT2D eigenvalue weighted by Crippen LogP contribution is -2.51. The van der Waals surface area contributed by atoms with Gasteiger partial charge in [-0.2, -0.15) is 0 Å². The topological polar surface area (TPSA) is 188 Å². The number of fused-ring (bicyclic) bond motifs is 6. The van der Waals surface area contributed by atoms with Crippen molar-refractivity contribution in [3.63, 3.8) is 0 Å². The fourth-order valence-corrected chi connectivity index (χ4v) is 9.40. The molecule has 2 aliphatic rings. The number of imidazole rings is 2. The van der Waals surface area contributed by atoms with Crippen molar-refractivity contribution in [2.24, 2.45) is 11.8 Å². The van der Waals surface area contributed by atoms with E-state index < -0.39 is 24.3 Å². The van der Waals surface area contributed by atoms with Gasteiger partial charge in [0.2, 0.25) is 11.8 Å². The normalized spacial score (nSPS) is 18.3. The quantitative estimate of drug-likeness (QED) is 0.120. The average molecular weight is 794 g/mol. The van der Waals surface area contributed by atoms with Crippen molar-refractivity contribution in [1.82, 2.24) is 45.4 Å². The number of nitrogens with one attached hydrogen (secondary N) is 4. The lowest BCUT2D eigenvalue weighted by atomic mass is 10.0. The van der Waals surface area contributed by atoms with E-state index in [2.05, 4.69) is 38.8 Å². The summed E-state index contributed by atoms with van der Waals surface area (Å²) in [4.78, 5) is 78.1. The van der Waals surface area contributed by atoms with E-state index in [4.69, 9.17) is 24.4 Å². The van der Waals surface area contributed by atoms with Crippen LogP contribution in [0.4, 0.5) is 9.59 Å². The van der Waals surface area contributed by atoms with Gasteiger partial charge in [0, 0.05) is 24.7 Å². The Balaban J connectivity index is 1.06. The van der Waals surface area contributed by atoms with E-state index >= 15 is 0 Å². The Hall–Kier alpha value is -5.77. The second-order valence-corrected chi connectivity index (χ2v) is 16.6. The number of benzene rings is 2. The Morgan fingerprint density at radius 1 is 0.754 bits per heavy atom. The minimum Gasteiger partial charge on any atom is -0.453 e. The van der Waals surface area contributed by atoms with E-state index in [0.29, 0.717) is 18.9 Å². The van der Waals surface area contributed by atoms with Crippen molar-refractivity contribution in [3.05, 3.63) is 54.2 Å². The molecule has 4 N–H and O–H groups in total. The standard InChI is InChI=1S/C41H47N9O6S/c1-20(2)31(47-40(53)55-5)38(51)49-15-7-9-28(49)36-43-25-13-11-22-17-27(42-19-24(22)33(25)45-36)30-18-23-12-14-26-34(35(23)57-30)46-37(44-26)29-10-8-16-50(29)39(52)32(21(3)4)48-41(54)56-6/h11-14,17-21,28-29,31-32H,7-10,15-16H2,1-6H3,(H,43,45)(H,44,46)(H,47,53)(H,48,54)/t28-,29-,31-,32-/m0/s1. The summed E-state index contributed by atoms with van der Waals surface area (Å²) in [5.74, 6) is 0.904. The second-order valence-electron chi connectivity index (χ2n) is 15.6. The number of carbonyl (C=O) groups is 4. The molecule has 298 valence electrons. The van der Waals surface area contributed by atoms with Crippen LogP contribution in [0.3, 0.4) is 0 Å². The number of nitrogens with zero attached hydrogens (tertiary/aromatic N) is 5. The lowest BCUT2D eigenvalue weighted by Gasteiger charge is -2.29. The van der Waals surface area contributed by atoms with Crippen LogP contribution in [0.2, 0.25) is 0 Å². The number of hydrogen-bond acceptors (Lipinski definition) is 10. The maximum absolute atomic E-state index is 13.7. The summed E-state index contributed by atoms with van der Waals surface area (Å²) in [6.45, 7) is 8.77. The van der Waals surface area contributed by atoms with Crippen molar-refractivity contribution in [2.75, 3.05) is 27.3 Å². The molecular weight excluding hydrogens is 747 g/mol. The molecule has 57 heavy (non-hydrogen) atoms. The molecule has 8 rings (SSSR count). The number of rotatable bonds is 9. The first-order chi connectivity index (χ1) is 27.4. The molecule has 2 aromatic carbocycles. The highest BCUT2D eigenvalue weighted by Gasteiger charge is 2.39. The molecule has 2 aliphatic heterocycles. The predicted molar refractivity (Wildman–Crippen MR) is 218 cm³/mol. The molecule has 6 heterocycles. The number of likely N-dealkylation sites (tertiary alicyclic amines) is 2. The number of carbonyl (C=O) groups excluding carboxylic acids is 4. The van der Waals surface area contributed by atoms with E-state index in [1.165, 1.54) is 14.2 Å². The fraction of sp³-hybridized carbons (Fsp3) is 0.439. The molecule has 4 atom stereocenters. The zero-order chi connectivity index (χ0) is 40.1. The molecule has 15 nitrogen and oxygen atoms in total. The number of aromatic nitrogens is 5. The van der Waals surface area contributed by atoms with Crippen LogP contribution in [0.5, 0.6) is 0 Å². The van der Waals surface area contributed by atoms with Gasteiger partial charge < -0.3 is 39.9 Å². The number of methoxy groups -OCH3 is 2. The van der Waals surface area contributed by atoms with Gasteiger partial charge in [-0.15, -0.1) is 11.3 Å². The van der Waals surface area contributed by atoms with Crippen molar-refractivity contribution < 1.29 is 28.7 Å². The van der Waals surface area contributed by atoms with Crippen LogP contribution in [0.25, 0.3) is 53.5 Å². The highest BCUT2D eigenvalue weighted by Crippen LogP contribution is 2.40. The number of hydrogen-bond donors (Lipinski definition) is 4. The van der Waals surface area contributed by atoms with Gasteiger partial charge >= 0.3 is 12.2 Å². The van der Waals surface area contributed by atoms with E-state index in [0.717, 1.165) is 85.0 Å². The molecule has 0 radical (unpaired) electrons. The van der Waals surface area contributed by atoms with Crippen LogP contribution in [-0.4, -0.2) is 98.1 Å². The van der Waals surface area contributed by atoms with Gasteiger partial charge in [-0.05, 0) is 72.6 Å². The largest absolute Gasteiger partial charge is 0.453 e. The SMILES string of the molecule is COC(=O)N[C@H](C(=O)N1CCC[C@H]1c1nc2ccc3cc(-c4cc5ccc6nc([C@@H]7CCCN7C(=O)[C@@H](NC(=O)OC)C(C)C)[nH]c6c5s4)ncc3c2[nH]1)C(C)C.